The van der Waals surface area contributed by atoms with Crippen LogP contribution in [-0.2, 0) is 22.4 Å². The van der Waals surface area contributed by atoms with Crippen molar-refractivity contribution >= 4 is 23.4 Å². The van der Waals surface area contributed by atoms with Gasteiger partial charge in [0.2, 0.25) is 5.91 Å². The van der Waals surface area contributed by atoms with Gasteiger partial charge in [-0.3, -0.25) is 9.59 Å². The van der Waals surface area contributed by atoms with Crippen molar-refractivity contribution < 1.29 is 14.3 Å². The number of nitrogens with two attached hydrogens (primary N) is 1. The van der Waals surface area contributed by atoms with E-state index < -0.39 is 5.91 Å². The van der Waals surface area contributed by atoms with Crippen molar-refractivity contribution in [1.29, 1.82) is 0 Å². The highest BCUT2D eigenvalue weighted by atomic mass is 35.5. The van der Waals surface area contributed by atoms with Crippen LogP contribution >= 0.6 is 11.6 Å². The monoisotopic (exact) mass is 441 g/mol. The topological polar surface area (TPSA) is 75.9 Å². The van der Waals surface area contributed by atoms with Gasteiger partial charge >= 0.3 is 0 Å². The lowest BCUT2D eigenvalue weighted by molar-refractivity contribution is -0.133. The largest absolute Gasteiger partial charge is 0.482 e. The van der Waals surface area contributed by atoms with Crippen molar-refractivity contribution in [1.82, 2.24) is 9.80 Å². The smallest absolute Gasteiger partial charge is 0.255 e. The minimum atomic E-state index is -0.565. The first-order chi connectivity index (χ1) is 15.0. The van der Waals surface area contributed by atoms with E-state index in [-0.39, 0.29) is 25.0 Å². The fourth-order valence-corrected chi connectivity index (χ4v) is 4.81. The Bertz CT molecular complexity index is 959. The summed E-state index contributed by atoms with van der Waals surface area (Å²) in [5, 5.41) is 0.365. The second-order valence-electron chi connectivity index (χ2n) is 8.26. The van der Waals surface area contributed by atoms with Crippen molar-refractivity contribution in [3.8, 4) is 5.75 Å². The molecule has 4 rings (SSSR count). The normalized spacial score (nSPS) is 18.6. The number of rotatable bonds is 7. The fourth-order valence-electron chi connectivity index (χ4n) is 4.55. The summed E-state index contributed by atoms with van der Waals surface area (Å²) in [6, 6.07) is 13.8. The first-order valence-electron chi connectivity index (χ1n) is 10.8. The molecule has 2 heterocycles. The Kier molecular flexibility index (Phi) is 6.78. The molecule has 0 aromatic heterocycles. The maximum Gasteiger partial charge on any atom is 0.255 e. The number of ether oxygens (including phenoxy) is 1. The molecule has 6 nitrogen and oxygen atoms in total. The molecule has 0 saturated carbocycles. The Morgan fingerprint density at radius 3 is 2.61 bits per heavy atom. The molecule has 2 N–H and O–H groups in total. The van der Waals surface area contributed by atoms with Crippen molar-refractivity contribution in [2.24, 2.45) is 5.73 Å². The number of primary amides is 1. The number of likely N-dealkylation sites (tertiary alicyclic amines) is 1. The third-order valence-corrected chi connectivity index (χ3v) is 6.38. The minimum Gasteiger partial charge on any atom is -0.482 e. The van der Waals surface area contributed by atoms with Gasteiger partial charge < -0.3 is 20.3 Å². The van der Waals surface area contributed by atoms with Gasteiger partial charge in [0.25, 0.3) is 5.91 Å². The molecule has 0 bridgehead atoms. The number of carbonyl (C=O) groups is 2. The van der Waals surface area contributed by atoms with Gasteiger partial charge in [-0.05, 0) is 61.2 Å². The molecule has 2 aromatic rings. The van der Waals surface area contributed by atoms with Gasteiger partial charge in [0.15, 0.2) is 6.61 Å². The van der Waals surface area contributed by atoms with Gasteiger partial charge in [-0.1, -0.05) is 41.9 Å². The van der Waals surface area contributed by atoms with Crippen molar-refractivity contribution in [3.63, 3.8) is 0 Å². The zero-order valence-electron chi connectivity index (χ0n) is 17.6. The highest BCUT2D eigenvalue weighted by Crippen LogP contribution is 2.32. The Balaban J connectivity index is 1.50. The fraction of sp³-hybridized carbons (Fsp3) is 0.417. The highest BCUT2D eigenvalue weighted by molar-refractivity contribution is 6.32. The Morgan fingerprint density at radius 2 is 1.87 bits per heavy atom. The zero-order valence-corrected chi connectivity index (χ0v) is 18.3. The lowest BCUT2D eigenvalue weighted by Crippen LogP contribution is -2.45. The summed E-state index contributed by atoms with van der Waals surface area (Å²) in [4.78, 5) is 28.8. The molecule has 0 radical (unpaired) electrons. The van der Waals surface area contributed by atoms with E-state index in [1.54, 1.807) is 12.1 Å². The number of carbonyl (C=O) groups excluding carboxylic acids is 2. The Hall–Kier alpha value is -2.57. The van der Waals surface area contributed by atoms with Crippen molar-refractivity contribution in [3.05, 3.63) is 64.2 Å². The summed E-state index contributed by atoms with van der Waals surface area (Å²) in [6.07, 6.45) is 3.60. The number of hydrogen-bond donors (Lipinski definition) is 1. The molecule has 0 spiro atoms. The van der Waals surface area contributed by atoms with Crippen LogP contribution in [0.5, 0.6) is 5.75 Å². The first-order valence-corrected chi connectivity index (χ1v) is 11.2. The van der Waals surface area contributed by atoms with Crippen LogP contribution in [0.25, 0.3) is 0 Å². The molecule has 164 valence electrons. The van der Waals surface area contributed by atoms with Gasteiger partial charge in [0.1, 0.15) is 5.75 Å². The molecule has 1 atom stereocenters. The summed E-state index contributed by atoms with van der Waals surface area (Å²) in [7, 11) is 0. The molecule has 2 aromatic carbocycles. The number of amides is 2. The lowest BCUT2D eigenvalue weighted by Gasteiger charge is -2.39. The maximum absolute atomic E-state index is 13.3. The molecule has 7 heteroatoms. The van der Waals surface area contributed by atoms with Gasteiger partial charge in [-0.25, -0.2) is 0 Å². The van der Waals surface area contributed by atoms with Crippen LogP contribution in [0, 0.1) is 0 Å². The summed E-state index contributed by atoms with van der Waals surface area (Å²) in [6.45, 7) is 3.57. The minimum absolute atomic E-state index is 0.0733. The first kappa shape index (κ1) is 21.7. The van der Waals surface area contributed by atoms with Crippen LogP contribution < -0.4 is 10.5 Å². The van der Waals surface area contributed by atoms with E-state index in [2.05, 4.69) is 29.2 Å². The standard InChI is InChI=1S/C24H28ClN3O3/c25-20-13-17(7-8-22(20)31-16-23(26)29)14-24(30)28-12-9-18-5-1-2-6-19(18)21(28)15-27-10-3-4-11-27/h1-2,5-8,13,21H,3-4,9-12,14-16H2,(H2,26,29). The number of fused-ring (bicyclic) bond motifs is 1. The van der Waals surface area contributed by atoms with Gasteiger partial charge in [0.05, 0.1) is 17.5 Å². The number of halogens is 1. The Morgan fingerprint density at radius 1 is 1.10 bits per heavy atom. The lowest BCUT2D eigenvalue weighted by atomic mass is 9.91. The van der Waals surface area contributed by atoms with Gasteiger partial charge in [-0.15, -0.1) is 0 Å². The number of hydrogen-bond acceptors (Lipinski definition) is 4. The molecule has 1 unspecified atom stereocenters. The molecule has 0 aliphatic carbocycles. The predicted octanol–water partition coefficient (Wildman–Crippen LogP) is 2.97. The van der Waals surface area contributed by atoms with E-state index in [1.807, 2.05) is 11.0 Å². The quantitative estimate of drug-likeness (QED) is 0.716. The maximum atomic E-state index is 13.3. The van der Waals surface area contributed by atoms with E-state index in [9.17, 15) is 9.59 Å². The highest BCUT2D eigenvalue weighted by Gasteiger charge is 2.32. The summed E-state index contributed by atoms with van der Waals surface area (Å²) in [5.74, 6) is -0.0826. The van der Waals surface area contributed by atoms with E-state index >= 15 is 0 Å². The Labute approximate surface area is 187 Å². The molecule has 31 heavy (non-hydrogen) atoms. The molecule has 2 aliphatic heterocycles. The van der Waals surface area contributed by atoms with E-state index in [0.717, 1.165) is 38.2 Å². The van der Waals surface area contributed by atoms with E-state index in [1.165, 1.54) is 24.0 Å². The van der Waals surface area contributed by atoms with E-state index in [0.29, 0.717) is 10.8 Å². The zero-order chi connectivity index (χ0) is 21.8. The average molecular weight is 442 g/mol. The third kappa shape index (κ3) is 5.20. The van der Waals surface area contributed by atoms with Crippen LogP contribution in [0.15, 0.2) is 42.5 Å². The van der Waals surface area contributed by atoms with Gasteiger partial charge in [0, 0.05) is 13.1 Å². The third-order valence-electron chi connectivity index (χ3n) is 6.08. The van der Waals surface area contributed by atoms with Crippen molar-refractivity contribution in [2.45, 2.75) is 31.7 Å². The van der Waals surface area contributed by atoms with Crippen LogP contribution in [0.4, 0.5) is 0 Å². The second-order valence-corrected chi connectivity index (χ2v) is 8.66. The van der Waals surface area contributed by atoms with Gasteiger partial charge in [-0.2, -0.15) is 0 Å². The van der Waals surface area contributed by atoms with E-state index in [4.69, 9.17) is 22.1 Å². The SMILES string of the molecule is NC(=O)COc1ccc(CC(=O)N2CCc3ccccc3C2CN2CCCC2)cc1Cl. The van der Waals surface area contributed by atoms with Crippen LogP contribution in [-0.4, -0.2) is 54.4 Å². The number of benzene rings is 2. The summed E-state index contributed by atoms with van der Waals surface area (Å²) in [5.41, 5.74) is 8.54. The van der Waals surface area contributed by atoms with Crippen molar-refractivity contribution in [2.75, 3.05) is 32.8 Å². The molecule has 1 saturated heterocycles. The van der Waals surface area contributed by atoms with Crippen LogP contribution in [0.1, 0.15) is 35.6 Å². The molecular formula is C24H28ClN3O3. The predicted molar refractivity (Wildman–Crippen MR) is 120 cm³/mol. The molecule has 1 fully saturated rings. The molecule has 2 amide bonds. The number of nitrogens with zero attached hydrogens (tertiary/aromatic N) is 2. The summed E-state index contributed by atoms with van der Waals surface area (Å²) >= 11 is 6.28. The average Bonchev–Trinajstić information content (AvgIpc) is 3.26. The second kappa shape index (κ2) is 9.71. The molecule has 2 aliphatic rings. The molecular weight excluding hydrogens is 414 g/mol. The van der Waals surface area contributed by atoms with Crippen LogP contribution in [0.3, 0.4) is 0 Å². The van der Waals surface area contributed by atoms with Crippen LogP contribution in [0.2, 0.25) is 5.02 Å². The summed E-state index contributed by atoms with van der Waals surface area (Å²) < 4.78 is 5.30.